The van der Waals surface area contributed by atoms with Crippen LogP contribution in [0.1, 0.15) is 25.0 Å². The first kappa shape index (κ1) is 17.2. The summed E-state index contributed by atoms with van der Waals surface area (Å²) in [6.07, 6.45) is 0.840. The summed E-state index contributed by atoms with van der Waals surface area (Å²) >= 11 is 0. The number of carbonyl (C=O) groups excluding carboxylic acids is 1. The van der Waals surface area contributed by atoms with E-state index < -0.39 is 23.7 Å². The molecule has 0 bridgehead atoms. The molecule has 0 spiro atoms. The van der Waals surface area contributed by atoms with Gasteiger partial charge >= 0.3 is 11.6 Å². The zero-order chi connectivity index (χ0) is 17.0. The summed E-state index contributed by atoms with van der Waals surface area (Å²) in [4.78, 5) is 23.5. The van der Waals surface area contributed by atoms with E-state index in [1.807, 2.05) is 25.1 Å². The topological polar surface area (TPSA) is 88.8 Å². The van der Waals surface area contributed by atoms with E-state index in [9.17, 15) is 14.7 Å². The van der Waals surface area contributed by atoms with E-state index >= 15 is 0 Å². The number of rotatable bonds is 6. The van der Waals surface area contributed by atoms with Crippen LogP contribution >= 0.6 is 0 Å². The van der Waals surface area contributed by atoms with Gasteiger partial charge in [-0.25, -0.2) is 9.59 Å². The van der Waals surface area contributed by atoms with Crippen molar-refractivity contribution in [2.75, 3.05) is 13.7 Å². The molecule has 0 saturated carbocycles. The lowest BCUT2D eigenvalue weighted by molar-refractivity contribution is -0.149. The average Bonchev–Trinajstić information content (AvgIpc) is 2.57. The third-order valence-electron chi connectivity index (χ3n) is 3.92. The highest BCUT2D eigenvalue weighted by atomic mass is 16.5. The minimum atomic E-state index is -1.24. The van der Waals surface area contributed by atoms with Crippen molar-refractivity contribution in [3.8, 4) is 0 Å². The number of hydrogen-bond donors (Lipinski definition) is 2. The molecule has 1 aromatic heterocycles. The number of nitrogens with one attached hydrogen (secondary N) is 1. The first-order chi connectivity index (χ1) is 10.9. The van der Waals surface area contributed by atoms with Crippen LogP contribution < -0.4 is 10.9 Å². The van der Waals surface area contributed by atoms with Crippen LogP contribution in [0.2, 0.25) is 0 Å². The molecule has 0 saturated heterocycles. The highest BCUT2D eigenvalue weighted by molar-refractivity contribution is 5.82. The van der Waals surface area contributed by atoms with Crippen molar-refractivity contribution in [2.45, 2.75) is 32.4 Å². The van der Waals surface area contributed by atoms with Gasteiger partial charge in [0.05, 0.1) is 13.7 Å². The molecule has 1 atom stereocenters. The van der Waals surface area contributed by atoms with Crippen molar-refractivity contribution in [3.05, 3.63) is 45.8 Å². The zero-order valence-electron chi connectivity index (χ0n) is 13.5. The Morgan fingerprint density at radius 1 is 1.39 bits per heavy atom. The summed E-state index contributed by atoms with van der Waals surface area (Å²) in [6.45, 7) is 3.37. The predicted molar refractivity (Wildman–Crippen MR) is 86.2 cm³/mol. The summed E-state index contributed by atoms with van der Waals surface area (Å²) in [5, 5.41) is 13.2. The first-order valence-corrected chi connectivity index (χ1v) is 7.43. The third-order valence-corrected chi connectivity index (χ3v) is 3.92. The smallest absolute Gasteiger partial charge is 0.336 e. The maximum atomic E-state index is 11.8. The Balaban J connectivity index is 2.36. The fraction of sp³-hybridized carbons (Fsp3) is 0.412. The highest BCUT2D eigenvalue weighted by Gasteiger charge is 2.33. The number of ether oxygens (including phenoxy) is 1. The molecule has 2 rings (SSSR count). The molecule has 124 valence electrons. The SMILES string of the molecule is CCc1ccc2c(CN[C@](C)(CO)C(=O)OC)cc(=O)oc2c1. The van der Waals surface area contributed by atoms with Crippen molar-refractivity contribution in [1.82, 2.24) is 5.32 Å². The van der Waals surface area contributed by atoms with Gasteiger partial charge in [0.25, 0.3) is 0 Å². The van der Waals surface area contributed by atoms with Crippen molar-refractivity contribution in [2.24, 2.45) is 0 Å². The van der Waals surface area contributed by atoms with Gasteiger partial charge in [-0.15, -0.1) is 0 Å². The Morgan fingerprint density at radius 2 is 2.13 bits per heavy atom. The molecule has 1 aromatic carbocycles. The second-order valence-corrected chi connectivity index (χ2v) is 5.61. The third kappa shape index (κ3) is 3.60. The van der Waals surface area contributed by atoms with Crippen LogP contribution in [0.3, 0.4) is 0 Å². The molecule has 0 aliphatic carbocycles. The number of hydrogen-bond acceptors (Lipinski definition) is 6. The van der Waals surface area contributed by atoms with E-state index in [1.165, 1.54) is 13.2 Å². The largest absolute Gasteiger partial charge is 0.468 e. The number of aliphatic hydroxyl groups excluding tert-OH is 1. The maximum absolute atomic E-state index is 11.8. The molecule has 0 fully saturated rings. The van der Waals surface area contributed by atoms with Gasteiger partial charge in [0.15, 0.2) is 0 Å². The van der Waals surface area contributed by atoms with E-state index in [4.69, 9.17) is 9.15 Å². The summed E-state index contributed by atoms with van der Waals surface area (Å²) in [5.74, 6) is -0.569. The van der Waals surface area contributed by atoms with E-state index in [1.54, 1.807) is 6.92 Å². The zero-order valence-corrected chi connectivity index (χ0v) is 13.5. The average molecular weight is 319 g/mol. The molecule has 0 aliphatic heterocycles. The van der Waals surface area contributed by atoms with Gasteiger partial charge in [-0.05, 0) is 30.5 Å². The van der Waals surface area contributed by atoms with Crippen LogP contribution in [0.25, 0.3) is 11.0 Å². The molecule has 0 amide bonds. The van der Waals surface area contributed by atoms with Crippen LogP contribution in [-0.4, -0.2) is 30.3 Å². The maximum Gasteiger partial charge on any atom is 0.336 e. The van der Waals surface area contributed by atoms with Crippen molar-refractivity contribution < 1.29 is 19.1 Å². The summed E-state index contributed by atoms with van der Waals surface area (Å²) in [6, 6.07) is 7.09. The Morgan fingerprint density at radius 3 is 2.74 bits per heavy atom. The lowest BCUT2D eigenvalue weighted by atomic mass is 10.0. The van der Waals surface area contributed by atoms with E-state index in [-0.39, 0.29) is 6.54 Å². The molecule has 2 N–H and O–H groups in total. The van der Waals surface area contributed by atoms with Gasteiger partial charge in [-0.1, -0.05) is 19.1 Å². The van der Waals surface area contributed by atoms with Gasteiger partial charge in [0.1, 0.15) is 11.1 Å². The predicted octanol–water partition coefficient (Wildman–Crippen LogP) is 1.37. The molecule has 0 aliphatic rings. The Hall–Kier alpha value is -2.18. The fourth-order valence-corrected chi connectivity index (χ4v) is 2.35. The van der Waals surface area contributed by atoms with Crippen molar-refractivity contribution in [3.63, 3.8) is 0 Å². The molecular weight excluding hydrogens is 298 g/mol. The fourth-order valence-electron chi connectivity index (χ4n) is 2.35. The standard InChI is InChI=1S/C17H21NO5/c1-4-11-5-6-13-12(8-15(20)23-14(13)7-11)9-18-17(2,10-19)16(21)22-3/h5-8,18-19H,4,9-10H2,1-3H3/t17-/m1/s1. The van der Waals surface area contributed by atoms with Crippen LogP contribution in [-0.2, 0) is 22.5 Å². The number of esters is 1. The Labute approximate surface area is 134 Å². The van der Waals surface area contributed by atoms with Crippen molar-refractivity contribution >= 4 is 16.9 Å². The molecule has 1 heterocycles. The minimum Gasteiger partial charge on any atom is -0.468 e. The Kier molecular flexibility index (Phi) is 5.18. The molecule has 0 unspecified atom stereocenters. The second kappa shape index (κ2) is 6.93. The lowest BCUT2D eigenvalue weighted by Crippen LogP contribution is -2.52. The van der Waals surface area contributed by atoms with Gasteiger partial charge in [-0.3, -0.25) is 5.32 Å². The quantitative estimate of drug-likeness (QED) is 0.617. The highest BCUT2D eigenvalue weighted by Crippen LogP contribution is 2.20. The Bertz CT molecular complexity index is 767. The normalized spacial score (nSPS) is 13.7. The number of carbonyl (C=O) groups is 1. The molecular formula is C17H21NO5. The van der Waals surface area contributed by atoms with E-state index in [0.29, 0.717) is 11.1 Å². The van der Waals surface area contributed by atoms with Gasteiger partial charge in [-0.2, -0.15) is 0 Å². The molecule has 6 nitrogen and oxygen atoms in total. The first-order valence-electron chi connectivity index (χ1n) is 7.43. The molecule has 2 aromatic rings. The van der Waals surface area contributed by atoms with Crippen LogP contribution in [0.5, 0.6) is 0 Å². The van der Waals surface area contributed by atoms with Crippen molar-refractivity contribution in [1.29, 1.82) is 0 Å². The van der Waals surface area contributed by atoms with Crippen LogP contribution in [0, 0.1) is 0 Å². The van der Waals surface area contributed by atoms with Crippen LogP contribution in [0.15, 0.2) is 33.5 Å². The number of aliphatic hydroxyl groups is 1. The molecule has 6 heteroatoms. The van der Waals surface area contributed by atoms with Gasteiger partial charge in [0, 0.05) is 18.0 Å². The summed E-state index contributed by atoms with van der Waals surface area (Å²) in [7, 11) is 1.26. The molecule has 0 radical (unpaired) electrons. The summed E-state index contributed by atoms with van der Waals surface area (Å²) in [5.41, 5.74) is 0.590. The monoisotopic (exact) mass is 319 g/mol. The van der Waals surface area contributed by atoms with Gasteiger partial charge < -0.3 is 14.3 Å². The number of benzene rings is 1. The number of aryl methyl sites for hydroxylation is 1. The van der Waals surface area contributed by atoms with Gasteiger partial charge in [0.2, 0.25) is 0 Å². The second-order valence-electron chi connectivity index (χ2n) is 5.61. The number of methoxy groups -OCH3 is 1. The van der Waals surface area contributed by atoms with E-state index in [2.05, 4.69) is 5.32 Å². The summed E-state index contributed by atoms with van der Waals surface area (Å²) < 4.78 is 9.94. The molecule has 23 heavy (non-hydrogen) atoms. The number of fused-ring (bicyclic) bond motifs is 1. The van der Waals surface area contributed by atoms with Crippen LogP contribution in [0.4, 0.5) is 0 Å². The lowest BCUT2D eigenvalue weighted by Gasteiger charge is -2.25. The van der Waals surface area contributed by atoms with E-state index in [0.717, 1.165) is 17.4 Å². The minimum absolute atomic E-state index is 0.222.